The summed E-state index contributed by atoms with van der Waals surface area (Å²) >= 11 is 0. The molecule has 0 aromatic rings. The van der Waals surface area contributed by atoms with Gasteiger partial charge in [0.2, 0.25) is 0 Å². The van der Waals surface area contributed by atoms with Gasteiger partial charge in [0.05, 0.1) is 0 Å². The normalized spacial score (nSPS) is 26.8. The molecule has 3 unspecified atom stereocenters. The van der Waals surface area contributed by atoms with Crippen molar-refractivity contribution >= 4 is 0 Å². The fourth-order valence-corrected chi connectivity index (χ4v) is 2.20. The summed E-state index contributed by atoms with van der Waals surface area (Å²) in [7, 11) is 1.77. The molecule has 0 bridgehead atoms. The van der Waals surface area contributed by atoms with Crippen LogP contribution in [0.2, 0.25) is 0 Å². The number of aliphatic hydroxyl groups is 1. The van der Waals surface area contributed by atoms with Gasteiger partial charge in [0.15, 0.2) is 0 Å². The Balaban J connectivity index is 2.82. The van der Waals surface area contributed by atoms with Gasteiger partial charge in [0.25, 0.3) is 5.92 Å². The van der Waals surface area contributed by atoms with Crippen LogP contribution in [0, 0.1) is 11.8 Å². The molecule has 0 radical (unpaired) electrons. The van der Waals surface area contributed by atoms with Crippen LogP contribution in [0.25, 0.3) is 0 Å². The molecular formula is C13H21F2NO. The fourth-order valence-electron chi connectivity index (χ4n) is 2.20. The summed E-state index contributed by atoms with van der Waals surface area (Å²) in [5.41, 5.74) is 0.0595. The number of aliphatic hydroxyl groups excluding tert-OH is 1. The molecule has 3 atom stereocenters. The predicted molar refractivity (Wildman–Crippen MR) is 65.0 cm³/mol. The Morgan fingerprint density at radius 2 is 2.18 bits per heavy atom. The number of nitrogens with one attached hydrogen (secondary N) is 1. The van der Waals surface area contributed by atoms with Gasteiger partial charge in [0.1, 0.15) is 0 Å². The lowest BCUT2D eigenvalue weighted by Gasteiger charge is -2.31. The van der Waals surface area contributed by atoms with E-state index < -0.39 is 5.92 Å². The molecule has 0 heterocycles. The molecule has 1 aliphatic carbocycles. The Labute approximate surface area is 101 Å². The van der Waals surface area contributed by atoms with E-state index in [0.29, 0.717) is 6.42 Å². The lowest BCUT2D eigenvalue weighted by molar-refractivity contribution is 0.0657. The number of likely N-dealkylation sites (N-methyl/N-ethyl adjacent to an activating group) is 1. The van der Waals surface area contributed by atoms with Crippen LogP contribution in [0.15, 0.2) is 23.8 Å². The smallest absolute Gasteiger partial charge is 0.270 e. The van der Waals surface area contributed by atoms with E-state index in [1.165, 1.54) is 6.08 Å². The monoisotopic (exact) mass is 245 g/mol. The van der Waals surface area contributed by atoms with Crippen LogP contribution in [0.5, 0.6) is 0 Å². The van der Waals surface area contributed by atoms with Gasteiger partial charge in [-0.15, -0.1) is 0 Å². The van der Waals surface area contributed by atoms with E-state index in [1.807, 2.05) is 13.0 Å². The second-order valence-corrected chi connectivity index (χ2v) is 4.75. The van der Waals surface area contributed by atoms with E-state index in [0.717, 1.165) is 6.92 Å². The molecule has 4 heteroatoms. The van der Waals surface area contributed by atoms with Crippen LogP contribution in [-0.4, -0.2) is 30.7 Å². The van der Waals surface area contributed by atoms with E-state index in [2.05, 4.69) is 5.32 Å². The summed E-state index contributed by atoms with van der Waals surface area (Å²) in [6.45, 7) is 3.06. The predicted octanol–water partition coefficient (Wildman–Crippen LogP) is 2.36. The molecule has 0 saturated carbocycles. The van der Waals surface area contributed by atoms with Crippen LogP contribution in [0.3, 0.4) is 0 Å². The van der Waals surface area contributed by atoms with Gasteiger partial charge in [0, 0.05) is 25.1 Å². The summed E-state index contributed by atoms with van der Waals surface area (Å²) in [4.78, 5) is 0. The van der Waals surface area contributed by atoms with Gasteiger partial charge in [-0.3, -0.25) is 0 Å². The molecule has 1 rings (SSSR count). The first-order chi connectivity index (χ1) is 7.90. The maximum absolute atomic E-state index is 13.2. The van der Waals surface area contributed by atoms with E-state index in [-0.39, 0.29) is 30.1 Å². The Hall–Kier alpha value is -0.740. The Kier molecular flexibility index (Phi) is 4.83. The molecule has 0 spiro atoms. The number of hydrogen-bond acceptors (Lipinski definition) is 2. The Morgan fingerprint density at radius 3 is 2.65 bits per heavy atom. The van der Waals surface area contributed by atoms with Crippen molar-refractivity contribution in [2.45, 2.75) is 32.2 Å². The van der Waals surface area contributed by atoms with Crippen LogP contribution in [0.4, 0.5) is 8.78 Å². The maximum Gasteiger partial charge on any atom is 0.270 e. The van der Waals surface area contributed by atoms with Crippen molar-refractivity contribution in [2.75, 3.05) is 13.7 Å². The van der Waals surface area contributed by atoms with E-state index in [9.17, 15) is 8.78 Å². The molecule has 17 heavy (non-hydrogen) atoms. The van der Waals surface area contributed by atoms with Crippen LogP contribution in [-0.2, 0) is 0 Å². The average molecular weight is 245 g/mol. The highest BCUT2D eigenvalue weighted by Crippen LogP contribution is 2.32. The van der Waals surface area contributed by atoms with Gasteiger partial charge in [-0.1, -0.05) is 25.2 Å². The minimum absolute atomic E-state index is 0.0595. The third kappa shape index (κ3) is 3.61. The minimum atomic E-state index is -2.79. The van der Waals surface area contributed by atoms with Crippen molar-refractivity contribution in [1.82, 2.24) is 5.32 Å². The molecule has 0 aliphatic heterocycles. The summed E-state index contributed by atoms with van der Waals surface area (Å²) < 4.78 is 26.4. The Morgan fingerprint density at radius 1 is 1.53 bits per heavy atom. The lowest BCUT2D eigenvalue weighted by atomic mass is 9.80. The second kappa shape index (κ2) is 5.74. The van der Waals surface area contributed by atoms with Crippen molar-refractivity contribution in [3.8, 4) is 0 Å². The fraction of sp³-hybridized carbons (Fsp3) is 0.692. The molecule has 98 valence electrons. The minimum Gasteiger partial charge on any atom is -0.396 e. The van der Waals surface area contributed by atoms with Gasteiger partial charge >= 0.3 is 0 Å². The maximum atomic E-state index is 13.2. The summed E-state index contributed by atoms with van der Waals surface area (Å²) in [5.74, 6) is -2.38. The van der Waals surface area contributed by atoms with Crippen molar-refractivity contribution in [3.05, 3.63) is 23.8 Å². The topological polar surface area (TPSA) is 32.3 Å². The summed E-state index contributed by atoms with van der Waals surface area (Å²) in [6, 6.07) is -0.0950. The molecular weight excluding hydrogens is 224 g/mol. The van der Waals surface area contributed by atoms with E-state index in [1.54, 1.807) is 13.1 Å². The quantitative estimate of drug-likeness (QED) is 0.779. The van der Waals surface area contributed by atoms with Gasteiger partial charge in [-0.05, 0) is 25.3 Å². The molecule has 0 aromatic carbocycles. The molecule has 0 fully saturated rings. The first-order valence-electron chi connectivity index (χ1n) is 5.96. The molecule has 0 aromatic heterocycles. The SMILES string of the molecule is CNC1C=C(C(C)(F)F)C=CC1C(C)CCO. The van der Waals surface area contributed by atoms with Crippen molar-refractivity contribution in [2.24, 2.45) is 11.8 Å². The zero-order chi connectivity index (χ0) is 13.1. The van der Waals surface area contributed by atoms with Crippen LogP contribution in [0.1, 0.15) is 20.3 Å². The van der Waals surface area contributed by atoms with Gasteiger partial charge in [-0.25, -0.2) is 8.78 Å². The molecule has 2 N–H and O–H groups in total. The number of alkyl halides is 2. The Bertz CT molecular complexity index is 307. The highest BCUT2D eigenvalue weighted by atomic mass is 19.3. The number of allylic oxidation sites excluding steroid dienone is 2. The summed E-state index contributed by atoms with van der Waals surface area (Å²) in [6.07, 6.45) is 5.61. The second-order valence-electron chi connectivity index (χ2n) is 4.75. The molecule has 0 saturated heterocycles. The summed E-state index contributed by atoms with van der Waals surface area (Å²) in [5, 5.41) is 12.0. The average Bonchev–Trinajstić information content (AvgIpc) is 2.27. The highest BCUT2D eigenvalue weighted by molar-refractivity contribution is 5.32. The largest absolute Gasteiger partial charge is 0.396 e. The van der Waals surface area contributed by atoms with Crippen LogP contribution < -0.4 is 5.32 Å². The third-order valence-electron chi connectivity index (χ3n) is 3.35. The van der Waals surface area contributed by atoms with E-state index in [4.69, 9.17) is 5.11 Å². The van der Waals surface area contributed by atoms with Gasteiger partial charge < -0.3 is 10.4 Å². The highest BCUT2D eigenvalue weighted by Gasteiger charge is 2.32. The van der Waals surface area contributed by atoms with Gasteiger partial charge in [-0.2, -0.15) is 0 Å². The van der Waals surface area contributed by atoms with Crippen molar-refractivity contribution < 1.29 is 13.9 Å². The number of hydrogen-bond donors (Lipinski definition) is 2. The first-order valence-corrected chi connectivity index (χ1v) is 5.96. The van der Waals surface area contributed by atoms with Crippen molar-refractivity contribution in [1.29, 1.82) is 0 Å². The number of halogens is 2. The third-order valence-corrected chi connectivity index (χ3v) is 3.35. The standard InChI is InChI=1S/C13H21F2NO/c1-9(6-7-17)11-5-4-10(13(2,14)15)8-12(11)16-3/h4-5,8-9,11-12,16-17H,6-7H2,1-3H3. The zero-order valence-electron chi connectivity index (χ0n) is 10.6. The van der Waals surface area contributed by atoms with E-state index >= 15 is 0 Å². The zero-order valence-corrected chi connectivity index (χ0v) is 10.6. The van der Waals surface area contributed by atoms with Crippen molar-refractivity contribution in [3.63, 3.8) is 0 Å². The number of rotatable bonds is 5. The van der Waals surface area contributed by atoms with Crippen LogP contribution >= 0.6 is 0 Å². The molecule has 1 aliphatic rings. The first kappa shape index (κ1) is 14.3. The lowest BCUT2D eigenvalue weighted by Crippen LogP contribution is -2.37. The molecule has 2 nitrogen and oxygen atoms in total. The molecule has 0 amide bonds.